The second-order valence-corrected chi connectivity index (χ2v) is 12.2. The fraction of sp³-hybridized carbons (Fsp3) is 0.154. The Kier molecular flexibility index (Phi) is 8.18. The van der Waals surface area contributed by atoms with E-state index in [0.717, 1.165) is 27.6 Å². The standard InChI is InChI=1S/C39H32N2O5S/c1-4-45-38(43)34-24(2)40-39-41(36(34)35-31-15-8-6-11-27(31)18-21-32(35)44-3)37(42)33(47-39)22-25-16-19-29(20-17-25)46-23-28-13-9-12-26-10-5-7-14-30(26)28/h5-22,36H,4,23H2,1-3H3/b33-22+/t36-/m1/s1. The van der Waals surface area contributed by atoms with Crippen molar-refractivity contribution < 1.29 is 19.0 Å². The average molecular weight is 641 g/mol. The number of ether oxygens (including phenoxy) is 3. The summed E-state index contributed by atoms with van der Waals surface area (Å²) < 4.78 is 19.6. The summed E-state index contributed by atoms with van der Waals surface area (Å²) >= 11 is 1.29. The largest absolute Gasteiger partial charge is 0.496 e. The van der Waals surface area contributed by atoms with E-state index >= 15 is 0 Å². The highest BCUT2D eigenvalue weighted by atomic mass is 32.1. The molecule has 5 aromatic carbocycles. The molecule has 0 fully saturated rings. The molecule has 8 heteroatoms. The molecular weight excluding hydrogens is 609 g/mol. The normalized spacial score (nSPS) is 14.6. The molecule has 0 unspecified atom stereocenters. The third kappa shape index (κ3) is 5.61. The third-order valence-electron chi connectivity index (χ3n) is 8.39. The van der Waals surface area contributed by atoms with Crippen molar-refractivity contribution in [3.05, 3.63) is 151 Å². The highest BCUT2D eigenvalue weighted by Crippen LogP contribution is 2.40. The number of carbonyl (C=O) groups is 1. The van der Waals surface area contributed by atoms with Gasteiger partial charge in [-0.1, -0.05) is 96.3 Å². The van der Waals surface area contributed by atoms with E-state index in [2.05, 4.69) is 24.3 Å². The van der Waals surface area contributed by atoms with Gasteiger partial charge in [0.15, 0.2) is 4.80 Å². The maximum atomic E-state index is 14.2. The number of methoxy groups -OCH3 is 1. The van der Waals surface area contributed by atoms with Crippen LogP contribution in [-0.4, -0.2) is 24.3 Å². The molecule has 0 spiro atoms. The van der Waals surface area contributed by atoms with Gasteiger partial charge in [0.05, 0.1) is 29.5 Å². The summed E-state index contributed by atoms with van der Waals surface area (Å²) in [6.45, 7) is 4.18. The Hall–Kier alpha value is -5.47. The van der Waals surface area contributed by atoms with Gasteiger partial charge in [0.1, 0.15) is 24.1 Å². The topological polar surface area (TPSA) is 79.1 Å². The molecule has 0 aliphatic carbocycles. The Morgan fingerprint density at radius 2 is 1.60 bits per heavy atom. The molecule has 1 aliphatic heterocycles. The minimum Gasteiger partial charge on any atom is -0.496 e. The number of esters is 1. The number of hydrogen-bond acceptors (Lipinski definition) is 7. The summed E-state index contributed by atoms with van der Waals surface area (Å²) in [6, 6.07) is 33.0. The average Bonchev–Trinajstić information content (AvgIpc) is 3.40. The maximum absolute atomic E-state index is 14.2. The van der Waals surface area contributed by atoms with Crippen molar-refractivity contribution in [3.63, 3.8) is 0 Å². The Bertz CT molecular complexity index is 2360. The van der Waals surface area contributed by atoms with Crippen molar-refractivity contribution in [2.45, 2.75) is 26.5 Å². The van der Waals surface area contributed by atoms with Gasteiger partial charge < -0.3 is 14.2 Å². The summed E-state index contributed by atoms with van der Waals surface area (Å²) in [5, 5.41) is 4.19. The van der Waals surface area contributed by atoms with Crippen LogP contribution in [0.1, 0.15) is 36.6 Å². The molecule has 47 heavy (non-hydrogen) atoms. The molecule has 0 saturated heterocycles. The molecule has 0 saturated carbocycles. The number of thiazole rings is 1. The minimum absolute atomic E-state index is 0.196. The van der Waals surface area contributed by atoms with Crippen molar-refractivity contribution in [2.75, 3.05) is 13.7 Å². The zero-order valence-electron chi connectivity index (χ0n) is 26.2. The van der Waals surface area contributed by atoms with E-state index in [1.54, 1.807) is 25.5 Å². The van der Waals surface area contributed by atoms with Gasteiger partial charge >= 0.3 is 5.97 Å². The van der Waals surface area contributed by atoms with Gasteiger partial charge in [0, 0.05) is 5.56 Å². The Labute approximate surface area is 275 Å². The third-order valence-corrected chi connectivity index (χ3v) is 9.38. The summed E-state index contributed by atoms with van der Waals surface area (Å²) in [5.74, 6) is 0.787. The van der Waals surface area contributed by atoms with Gasteiger partial charge in [-0.2, -0.15) is 0 Å². The number of rotatable bonds is 8. The molecule has 7 nitrogen and oxygen atoms in total. The second kappa shape index (κ2) is 12.7. The molecule has 1 aromatic heterocycles. The van der Waals surface area contributed by atoms with Crippen LogP contribution >= 0.6 is 11.3 Å². The quantitative estimate of drug-likeness (QED) is 0.173. The maximum Gasteiger partial charge on any atom is 0.338 e. The first-order chi connectivity index (χ1) is 23.0. The van der Waals surface area contributed by atoms with Crippen LogP contribution in [0.2, 0.25) is 0 Å². The monoisotopic (exact) mass is 640 g/mol. The van der Waals surface area contributed by atoms with Crippen LogP contribution in [-0.2, 0) is 16.1 Å². The van der Waals surface area contributed by atoms with Gasteiger partial charge in [-0.05, 0) is 70.8 Å². The van der Waals surface area contributed by atoms with Crippen LogP contribution in [0.5, 0.6) is 11.5 Å². The fourth-order valence-corrected chi connectivity index (χ4v) is 7.24. The Morgan fingerprint density at radius 1 is 0.894 bits per heavy atom. The molecular formula is C39H32N2O5S. The molecule has 2 heterocycles. The van der Waals surface area contributed by atoms with E-state index in [-0.39, 0.29) is 12.2 Å². The van der Waals surface area contributed by atoms with Crippen molar-refractivity contribution in [2.24, 2.45) is 4.99 Å². The molecule has 1 aliphatic rings. The lowest BCUT2D eigenvalue weighted by molar-refractivity contribution is -0.139. The van der Waals surface area contributed by atoms with Gasteiger partial charge in [-0.25, -0.2) is 9.79 Å². The van der Waals surface area contributed by atoms with Crippen LogP contribution in [0.3, 0.4) is 0 Å². The lowest BCUT2D eigenvalue weighted by Gasteiger charge is -2.27. The summed E-state index contributed by atoms with van der Waals surface area (Å²) in [4.78, 5) is 33.0. The van der Waals surface area contributed by atoms with Crippen LogP contribution in [0, 0.1) is 0 Å². The molecule has 0 amide bonds. The Morgan fingerprint density at radius 3 is 2.34 bits per heavy atom. The van der Waals surface area contributed by atoms with Gasteiger partial charge in [0.2, 0.25) is 0 Å². The van der Waals surface area contributed by atoms with Crippen LogP contribution < -0.4 is 24.4 Å². The molecule has 6 aromatic rings. The van der Waals surface area contributed by atoms with Crippen molar-refractivity contribution >= 4 is 44.9 Å². The summed E-state index contributed by atoms with van der Waals surface area (Å²) in [6.07, 6.45) is 1.85. The van der Waals surface area contributed by atoms with Gasteiger partial charge in [-0.3, -0.25) is 9.36 Å². The first kappa shape index (κ1) is 30.2. The molecule has 7 rings (SSSR count). The number of nitrogens with zero attached hydrogens (tertiary/aromatic N) is 2. The van der Waals surface area contributed by atoms with Crippen molar-refractivity contribution in [1.29, 1.82) is 0 Å². The van der Waals surface area contributed by atoms with Gasteiger partial charge in [0.25, 0.3) is 5.56 Å². The zero-order chi connectivity index (χ0) is 32.5. The molecule has 0 N–H and O–H groups in total. The van der Waals surface area contributed by atoms with Crippen LogP contribution in [0.4, 0.5) is 0 Å². The van der Waals surface area contributed by atoms with Crippen molar-refractivity contribution in [3.8, 4) is 11.5 Å². The molecule has 0 radical (unpaired) electrons. The van der Waals surface area contributed by atoms with E-state index in [0.29, 0.717) is 38.5 Å². The number of aromatic nitrogens is 1. The number of allylic oxidation sites excluding steroid dienone is 1. The van der Waals surface area contributed by atoms with Gasteiger partial charge in [-0.15, -0.1) is 0 Å². The fourth-order valence-electron chi connectivity index (χ4n) is 6.19. The van der Waals surface area contributed by atoms with Crippen molar-refractivity contribution in [1.82, 2.24) is 4.57 Å². The SMILES string of the molecule is CCOC(=O)C1=C(C)N=c2s/c(=C/c3ccc(OCc4cccc5ccccc45)cc3)c(=O)n2[C@H]1c1c(OC)ccc2ccccc12. The lowest BCUT2D eigenvalue weighted by atomic mass is 9.90. The number of benzene rings is 5. The molecule has 0 bridgehead atoms. The van der Waals surface area contributed by atoms with E-state index < -0.39 is 12.0 Å². The first-order valence-electron chi connectivity index (χ1n) is 15.4. The highest BCUT2D eigenvalue weighted by molar-refractivity contribution is 7.07. The number of fused-ring (bicyclic) bond motifs is 3. The van der Waals surface area contributed by atoms with Crippen LogP contribution in [0.15, 0.2) is 124 Å². The van der Waals surface area contributed by atoms with E-state index in [1.165, 1.54) is 22.1 Å². The van der Waals surface area contributed by atoms with Crippen LogP contribution in [0.25, 0.3) is 27.6 Å². The summed E-state index contributed by atoms with van der Waals surface area (Å²) in [5.41, 5.74) is 3.23. The number of hydrogen-bond donors (Lipinski definition) is 0. The molecule has 1 atom stereocenters. The minimum atomic E-state index is -0.793. The van der Waals surface area contributed by atoms with E-state index in [9.17, 15) is 9.59 Å². The smallest absolute Gasteiger partial charge is 0.338 e. The van der Waals surface area contributed by atoms with E-state index in [4.69, 9.17) is 19.2 Å². The zero-order valence-corrected chi connectivity index (χ0v) is 27.0. The summed E-state index contributed by atoms with van der Waals surface area (Å²) in [7, 11) is 1.59. The Balaban J connectivity index is 1.28. The first-order valence-corrected chi connectivity index (χ1v) is 16.2. The highest BCUT2D eigenvalue weighted by Gasteiger charge is 2.36. The predicted octanol–water partition coefficient (Wildman–Crippen LogP) is 6.69. The second-order valence-electron chi connectivity index (χ2n) is 11.2. The lowest BCUT2D eigenvalue weighted by Crippen LogP contribution is -2.40. The number of carbonyl (C=O) groups excluding carboxylic acids is 1. The van der Waals surface area contributed by atoms with E-state index in [1.807, 2.05) is 84.9 Å². The predicted molar refractivity (Wildman–Crippen MR) is 186 cm³/mol. The molecule has 234 valence electrons.